The van der Waals surface area contributed by atoms with Crippen molar-refractivity contribution in [2.24, 2.45) is 0 Å². The van der Waals surface area contributed by atoms with Gasteiger partial charge in [0.1, 0.15) is 25.6 Å². The molecular weight excluding hydrogens is 384 g/mol. The van der Waals surface area contributed by atoms with Gasteiger partial charge in [-0.3, -0.25) is 9.59 Å². The van der Waals surface area contributed by atoms with E-state index < -0.39 is 29.7 Å². The highest BCUT2D eigenvalue weighted by Gasteiger charge is 2.29. The van der Waals surface area contributed by atoms with Crippen molar-refractivity contribution >= 4 is 5.97 Å². The van der Waals surface area contributed by atoms with Crippen LogP contribution in [0, 0.1) is 0 Å². The van der Waals surface area contributed by atoms with Crippen LogP contribution in [0.3, 0.4) is 0 Å². The number of ether oxygens (including phenoxy) is 4. The summed E-state index contributed by atoms with van der Waals surface area (Å²) in [4.78, 5) is 24.3. The van der Waals surface area contributed by atoms with E-state index in [0.29, 0.717) is 36.0 Å². The molecular formula is C20H22O9. The molecule has 2 N–H and O–H groups in total. The largest absolute Gasteiger partial charge is 0.502 e. The second-order valence-corrected chi connectivity index (χ2v) is 6.26. The topological polar surface area (TPSA) is 125 Å². The van der Waals surface area contributed by atoms with Crippen molar-refractivity contribution in [2.75, 3.05) is 26.9 Å². The number of rotatable bonds is 7. The number of hydrogen-bond acceptors (Lipinski definition) is 9. The van der Waals surface area contributed by atoms with Gasteiger partial charge in [0.05, 0.1) is 26.1 Å². The fourth-order valence-corrected chi connectivity index (χ4v) is 3.11. The van der Waals surface area contributed by atoms with Crippen molar-refractivity contribution in [2.45, 2.75) is 25.9 Å². The van der Waals surface area contributed by atoms with E-state index in [0.717, 1.165) is 6.07 Å². The average Bonchev–Trinajstić information content (AvgIpc) is 2.73. The lowest BCUT2D eigenvalue weighted by Gasteiger charge is -2.24. The Labute approximate surface area is 166 Å². The first kappa shape index (κ1) is 20.5. The third-order valence-corrected chi connectivity index (χ3v) is 4.40. The van der Waals surface area contributed by atoms with E-state index in [2.05, 4.69) is 0 Å². The smallest absolute Gasteiger partial charge is 0.306 e. The van der Waals surface area contributed by atoms with Gasteiger partial charge in [0.15, 0.2) is 17.3 Å². The SMILES string of the molecule is CCOC(=O)C[C@H](c1cc(OC)c2c(c1)OCCO2)c1oc(CO)cc(=O)c1O. The number of fused-ring (bicyclic) bond motifs is 1. The van der Waals surface area contributed by atoms with Crippen molar-refractivity contribution in [1.82, 2.24) is 0 Å². The monoisotopic (exact) mass is 406 g/mol. The van der Waals surface area contributed by atoms with Crippen LogP contribution in [-0.4, -0.2) is 43.1 Å². The van der Waals surface area contributed by atoms with Crippen LogP contribution in [0.2, 0.25) is 0 Å². The fourth-order valence-electron chi connectivity index (χ4n) is 3.11. The molecule has 1 aliphatic rings. The molecule has 156 valence electrons. The Morgan fingerprint density at radius 3 is 2.69 bits per heavy atom. The first-order valence-electron chi connectivity index (χ1n) is 9.08. The van der Waals surface area contributed by atoms with Gasteiger partial charge in [0, 0.05) is 6.07 Å². The molecule has 29 heavy (non-hydrogen) atoms. The van der Waals surface area contributed by atoms with Crippen LogP contribution in [0.1, 0.15) is 36.3 Å². The Bertz CT molecular complexity index is 930. The first-order chi connectivity index (χ1) is 14.0. The molecule has 9 nitrogen and oxygen atoms in total. The van der Waals surface area contributed by atoms with E-state index in [1.165, 1.54) is 7.11 Å². The van der Waals surface area contributed by atoms with Crippen LogP contribution in [-0.2, 0) is 16.1 Å². The van der Waals surface area contributed by atoms with Gasteiger partial charge in [-0.05, 0) is 24.6 Å². The summed E-state index contributed by atoms with van der Waals surface area (Å²) >= 11 is 0. The minimum absolute atomic E-state index is 0.0406. The van der Waals surface area contributed by atoms with Crippen molar-refractivity contribution in [3.63, 3.8) is 0 Å². The highest BCUT2D eigenvalue weighted by atomic mass is 16.6. The van der Waals surface area contributed by atoms with Crippen LogP contribution < -0.4 is 19.6 Å². The van der Waals surface area contributed by atoms with Gasteiger partial charge in [-0.25, -0.2) is 0 Å². The zero-order valence-electron chi connectivity index (χ0n) is 16.1. The van der Waals surface area contributed by atoms with Gasteiger partial charge in [-0.1, -0.05) is 0 Å². The second kappa shape index (κ2) is 8.87. The minimum atomic E-state index is -0.891. The van der Waals surface area contributed by atoms with Crippen LogP contribution in [0.15, 0.2) is 27.4 Å². The third-order valence-electron chi connectivity index (χ3n) is 4.40. The van der Waals surface area contributed by atoms with Gasteiger partial charge in [-0.15, -0.1) is 0 Å². The molecule has 0 amide bonds. The summed E-state index contributed by atoms with van der Waals surface area (Å²) in [6.07, 6.45) is -0.220. The maximum Gasteiger partial charge on any atom is 0.306 e. The summed E-state index contributed by atoms with van der Waals surface area (Å²) in [7, 11) is 1.46. The quantitative estimate of drug-likeness (QED) is 0.661. The van der Waals surface area contributed by atoms with Crippen LogP contribution >= 0.6 is 0 Å². The molecule has 0 radical (unpaired) electrons. The maximum atomic E-state index is 12.2. The second-order valence-electron chi connectivity index (χ2n) is 6.26. The minimum Gasteiger partial charge on any atom is -0.502 e. The van der Waals surface area contributed by atoms with Crippen molar-refractivity contribution in [3.05, 3.63) is 45.5 Å². The normalized spacial score (nSPS) is 13.6. The lowest BCUT2D eigenvalue weighted by atomic mass is 9.91. The molecule has 1 atom stereocenters. The molecule has 0 saturated carbocycles. The number of carbonyl (C=O) groups is 1. The molecule has 0 saturated heterocycles. The number of esters is 1. The van der Waals surface area contributed by atoms with Gasteiger partial charge >= 0.3 is 5.97 Å². The molecule has 9 heteroatoms. The van der Waals surface area contributed by atoms with Gasteiger partial charge in [0.25, 0.3) is 0 Å². The van der Waals surface area contributed by atoms with Gasteiger partial charge in [-0.2, -0.15) is 0 Å². The predicted molar refractivity (Wildman–Crippen MR) is 99.6 cm³/mol. The number of aromatic hydroxyl groups is 1. The molecule has 0 bridgehead atoms. The number of hydrogen-bond donors (Lipinski definition) is 2. The maximum absolute atomic E-state index is 12.2. The fraction of sp³-hybridized carbons (Fsp3) is 0.400. The summed E-state index contributed by atoms with van der Waals surface area (Å²) in [5.41, 5.74) is -0.249. The Kier molecular flexibility index (Phi) is 6.28. The summed E-state index contributed by atoms with van der Waals surface area (Å²) < 4.78 is 27.2. The van der Waals surface area contributed by atoms with Gasteiger partial charge in [0.2, 0.25) is 16.9 Å². The molecule has 2 aromatic rings. The van der Waals surface area contributed by atoms with E-state index in [9.17, 15) is 19.8 Å². The van der Waals surface area contributed by atoms with E-state index in [1.807, 2.05) is 0 Å². The summed E-state index contributed by atoms with van der Waals surface area (Å²) in [5.74, 6) is -1.10. The van der Waals surface area contributed by atoms with Crippen molar-refractivity contribution in [1.29, 1.82) is 0 Å². The first-order valence-corrected chi connectivity index (χ1v) is 9.08. The number of methoxy groups -OCH3 is 1. The molecule has 1 aromatic carbocycles. The number of carbonyl (C=O) groups excluding carboxylic acids is 1. The number of benzene rings is 1. The summed E-state index contributed by atoms with van der Waals surface area (Å²) in [6, 6.07) is 4.24. The van der Waals surface area contributed by atoms with E-state index >= 15 is 0 Å². The standard InChI is InChI=1S/C20H22O9/c1-3-26-17(23)9-13(19-18(24)14(22)8-12(10-21)29-19)11-6-15(25-2)20-16(7-11)27-4-5-28-20/h6-8,13,21,24H,3-5,9-10H2,1-2H3/t13-/m1/s1. The summed E-state index contributed by atoms with van der Waals surface area (Å²) in [6.45, 7) is 2.00. The van der Waals surface area contributed by atoms with Crippen LogP contribution in [0.25, 0.3) is 0 Å². The lowest BCUT2D eigenvalue weighted by Crippen LogP contribution is -2.18. The van der Waals surface area contributed by atoms with E-state index in [1.54, 1.807) is 19.1 Å². The zero-order chi connectivity index (χ0) is 21.0. The zero-order valence-corrected chi connectivity index (χ0v) is 16.1. The molecule has 0 fully saturated rings. The predicted octanol–water partition coefficient (Wildman–Crippen LogP) is 1.70. The van der Waals surface area contributed by atoms with Crippen molar-refractivity contribution < 1.29 is 38.4 Å². The number of aliphatic hydroxyl groups is 1. The number of aliphatic hydroxyl groups excluding tert-OH is 1. The molecule has 1 aliphatic heterocycles. The molecule has 2 heterocycles. The van der Waals surface area contributed by atoms with E-state index in [4.69, 9.17) is 23.4 Å². The van der Waals surface area contributed by atoms with Crippen LogP contribution in [0.5, 0.6) is 23.0 Å². The highest BCUT2D eigenvalue weighted by Crippen LogP contribution is 2.44. The Hall–Kier alpha value is -3.20. The molecule has 0 spiro atoms. The van der Waals surface area contributed by atoms with Gasteiger partial charge < -0.3 is 33.6 Å². The van der Waals surface area contributed by atoms with E-state index in [-0.39, 0.29) is 24.5 Å². The Morgan fingerprint density at radius 2 is 2.00 bits per heavy atom. The molecule has 3 rings (SSSR count). The molecule has 0 unspecified atom stereocenters. The summed E-state index contributed by atoms with van der Waals surface area (Å²) in [5, 5.41) is 19.7. The van der Waals surface area contributed by atoms with Crippen LogP contribution in [0.4, 0.5) is 0 Å². The Balaban J connectivity index is 2.16. The molecule has 1 aromatic heterocycles. The molecule has 0 aliphatic carbocycles. The van der Waals surface area contributed by atoms with Crippen molar-refractivity contribution in [3.8, 4) is 23.0 Å². The third kappa shape index (κ3) is 4.29. The average molecular weight is 406 g/mol. The highest BCUT2D eigenvalue weighted by molar-refractivity contribution is 5.72. The lowest BCUT2D eigenvalue weighted by molar-refractivity contribution is -0.143. The Morgan fingerprint density at radius 1 is 1.24 bits per heavy atom.